The van der Waals surface area contributed by atoms with E-state index in [1.165, 1.54) is 0 Å². The van der Waals surface area contributed by atoms with E-state index in [0.29, 0.717) is 5.02 Å². The normalized spacial score (nSPS) is 12.6. The first-order valence-corrected chi connectivity index (χ1v) is 5.52. The Balaban J connectivity index is 2.85. The van der Waals surface area contributed by atoms with E-state index in [-0.39, 0.29) is 6.04 Å². The lowest BCUT2D eigenvalue weighted by Crippen LogP contribution is -2.10. The van der Waals surface area contributed by atoms with Gasteiger partial charge in [-0.3, -0.25) is 0 Å². The van der Waals surface area contributed by atoms with Gasteiger partial charge in [-0.2, -0.15) is 0 Å². The summed E-state index contributed by atoms with van der Waals surface area (Å²) in [7, 11) is 0. The van der Waals surface area contributed by atoms with Crippen LogP contribution in [0.3, 0.4) is 0 Å². The van der Waals surface area contributed by atoms with Crippen molar-refractivity contribution < 1.29 is 0 Å². The number of benzene rings is 1. The van der Waals surface area contributed by atoms with Crippen LogP contribution < -0.4 is 5.73 Å². The fraction of sp³-hybridized carbons (Fsp3) is 0.273. The zero-order chi connectivity index (χ0) is 10.7. The molecule has 0 heterocycles. The third-order valence-corrected chi connectivity index (χ3v) is 3.15. The summed E-state index contributed by atoms with van der Waals surface area (Å²) in [6, 6.07) is 5.75. The van der Waals surface area contributed by atoms with Crippen molar-refractivity contribution >= 4 is 27.5 Å². The van der Waals surface area contributed by atoms with Crippen molar-refractivity contribution in [3.8, 4) is 0 Å². The molecule has 0 unspecified atom stereocenters. The molecule has 0 saturated heterocycles. The van der Waals surface area contributed by atoms with Crippen molar-refractivity contribution in [2.75, 3.05) is 0 Å². The first-order valence-electron chi connectivity index (χ1n) is 4.35. The van der Waals surface area contributed by atoms with E-state index in [1.807, 2.05) is 25.1 Å². The SMILES string of the molecule is C=C(C)C[C@@H](N)c1ccc(Cl)c(Br)c1. The van der Waals surface area contributed by atoms with Gasteiger partial charge in [-0.25, -0.2) is 0 Å². The standard InChI is InChI=1S/C11H13BrClN/c1-7(2)5-11(14)8-3-4-10(13)9(12)6-8/h3-4,6,11H,1,5,14H2,2H3/t11-/m1/s1. The van der Waals surface area contributed by atoms with Gasteiger partial charge in [-0.05, 0) is 47.0 Å². The molecule has 1 nitrogen and oxygen atoms in total. The predicted octanol–water partition coefficient (Wildman–Crippen LogP) is 4.07. The Morgan fingerprint density at radius 3 is 2.79 bits per heavy atom. The molecule has 0 saturated carbocycles. The number of halogens is 2. The number of nitrogens with two attached hydrogens (primary N) is 1. The Morgan fingerprint density at radius 2 is 2.29 bits per heavy atom. The van der Waals surface area contributed by atoms with Crippen LogP contribution in [0.1, 0.15) is 24.9 Å². The lowest BCUT2D eigenvalue weighted by Gasteiger charge is -2.12. The van der Waals surface area contributed by atoms with E-state index >= 15 is 0 Å². The van der Waals surface area contributed by atoms with Crippen LogP contribution in [-0.2, 0) is 0 Å². The number of rotatable bonds is 3. The lowest BCUT2D eigenvalue weighted by atomic mass is 10.0. The maximum Gasteiger partial charge on any atom is 0.0548 e. The summed E-state index contributed by atoms with van der Waals surface area (Å²) in [4.78, 5) is 0. The predicted molar refractivity (Wildman–Crippen MR) is 65.5 cm³/mol. The summed E-state index contributed by atoms with van der Waals surface area (Å²) in [6.45, 7) is 5.82. The van der Waals surface area contributed by atoms with Crippen molar-refractivity contribution in [2.45, 2.75) is 19.4 Å². The Labute approximate surface area is 98.1 Å². The molecule has 1 rings (SSSR count). The molecule has 3 heteroatoms. The maximum atomic E-state index is 5.99. The van der Waals surface area contributed by atoms with Crippen molar-refractivity contribution in [1.29, 1.82) is 0 Å². The van der Waals surface area contributed by atoms with Crippen LogP contribution in [0.4, 0.5) is 0 Å². The second-order valence-electron chi connectivity index (χ2n) is 3.44. The van der Waals surface area contributed by atoms with Gasteiger partial charge in [0.1, 0.15) is 0 Å². The largest absolute Gasteiger partial charge is 0.324 e. The summed E-state index contributed by atoms with van der Waals surface area (Å²) in [5.41, 5.74) is 8.15. The average molecular weight is 275 g/mol. The van der Waals surface area contributed by atoms with E-state index in [2.05, 4.69) is 22.5 Å². The molecule has 0 aliphatic rings. The lowest BCUT2D eigenvalue weighted by molar-refractivity contribution is 0.717. The van der Waals surface area contributed by atoms with Crippen molar-refractivity contribution in [2.24, 2.45) is 5.73 Å². The number of hydrogen-bond donors (Lipinski definition) is 1. The minimum atomic E-state index is 0.000988. The molecule has 0 bridgehead atoms. The summed E-state index contributed by atoms with van der Waals surface area (Å²) >= 11 is 9.26. The highest BCUT2D eigenvalue weighted by molar-refractivity contribution is 9.10. The molecule has 0 amide bonds. The fourth-order valence-corrected chi connectivity index (χ4v) is 1.75. The smallest absolute Gasteiger partial charge is 0.0548 e. The average Bonchev–Trinajstić information content (AvgIpc) is 2.08. The van der Waals surface area contributed by atoms with E-state index in [0.717, 1.165) is 22.0 Å². The van der Waals surface area contributed by atoms with Crippen LogP contribution in [0, 0.1) is 0 Å². The molecule has 2 N–H and O–H groups in total. The van der Waals surface area contributed by atoms with Gasteiger partial charge in [-0.15, -0.1) is 6.58 Å². The van der Waals surface area contributed by atoms with Crippen molar-refractivity contribution in [1.82, 2.24) is 0 Å². The van der Waals surface area contributed by atoms with E-state index in [1.54, 1.807) is 0 Å². The van der Waals surface area contributed by atoms with Crippen LogP contribution >= 0.6 is 27.5 Å². The molecule has 0 fully saturated rings. The minimum Gasteiger partial charge on any atom is -0.324 e. The molecular formula is C11H13BrClN. The van der Waals surface area contributed by atoms with E-state index in [9.17, 15) is 0 Å². The summed E-state index contributed by atoms with van der Waals surface area (Å²) in [6.07, 6.45) is 0.800. The van der Waals surface area contributed by atoms with Crippen LogP contribution in [-0.4, -0.2) is 0 Å². The third kappa shape index (κ3) is 3.12. The monoisotopic (exact) mass is 273 g/mol. The molecule has 0 aromatic heterocycles. The van der Waals surface area contributed by atoms with Gasteiger partial charge in [0.05, 0.1) is 5.02 Å². The van der Waals surface area contributed by atoms with Gasteiger partial charge in [0.2, 0.25) is 0 Å². The second-order valence-corrected chi connectivity index (χ2v) is 4.70. The van der Waals surface area contributed by atoms with Gasteiger partial charge < -0.3 is 5.73 Å². The Kier molecular flexibility index (Phi) is 4.17. The zero-order valence-corrected chi connectivity index (χ0v) is 10.4. The highest BCUT2D eigenvalue weighted by Crippen LogP contribution is 2.27. The van der Waals surface area contributed by atoms with Crippen LogP contribution in [0.25, 0.3) is 0 Å². The molecule has 1 aromatic carbocycles. The third-order valence-electron chi connectivity index (χ3n) is 1.94. The first-order chi connectivity index (χ1) is 6.50. The molecule has 0 aliphatic heterocycles. The zero-order valence-electron chi connectivity index (χ0n) is 8.06. The van der Waals surface area contributed by atoms with Crippen LogP contribution in [0.5, 0.6) is 0 Å². The van der Waals surface area contributed by atoms with Gasteiger partial charge in [-0.1, -0.05) is 23.2 Å². The van der Waals surface area contributed by atoms with Crippen LogP contribution in [0.2, 0.25) is 5.02 Å². The highest BCUT2D eigenvalue weighted by Gasteiger charge is 2.07. The number of hydrogen-bond acceptors (Lipinski definition) is 1. The van der Waals surface area contributed by atoms with Crippen LogP contribution in [0.15, 0.2) is 34.8 Å². The minimum absolute atomic E-state index is 0.000988. The quantitative estimate of drug-likeness (QED) is 0.826. The molecule has 14 heavy (non-hydrogen) atoms. The summed E-state index contributed by atoms with van der Waals surface area (Å²) in [5, 5.41) is 0.705. The maximum absolute atomic E-state index is 5.99. The van der Waals surface area contributed by atoms with Gasteiger partial charge >= 0.3 is 0 Å². The Morgan fingerprint density at radius 1 is 1.64 bits per heavy atom. The molecule has 0 aliphatic carbocycles. The van der Waals surface area contributed by atoms with Gasteiger partial charge in [0, 0.05) is 10.5 Å². The highest BCUT2D eigenvalue weighted by atomic mass is 79.9. The van der Waals surface area contributed by atoms with Crippen molar-refractivity contribution in [3.05, 3.63) is 45.4 Å². The molecule has 76 valence electrons. The molecule has 1 aromatic rings. The molecular weight excluding hydrogens is 261 g/mol. The van der Waals surface area contributed by atoms with Gasteiger partial charge in [0.25, 0.3) is 0 Å². The molecule has 0 spiro atoms. The van der Waals surface area contributed by atoms with Gasteiger partial charge in [0.15, 0.2) is 0 Å². The fourth-order valence-electron chi connectivity index (χ4n) is 1.24. The van der Waals surface area contributed by atoms with E-state index in [4.69, 9.17) is 17.3 Å². The second kappa shape index (κ2) is 4.96. The first kappa shape index (κ1) is 11.8. The Hall–Kier alpha value is -0.310. The van der Waals surface area contributed by atoms with Crippen molar-refractivity contribution in [3.63, 3.8) is 0 Å². The molecule has 0 radical (unpaired) electrons. The summed E-state index contributed by atoms with van der Waals surface area (Å²) in [5.74, 6) is 0. The Bertz CT molecular complexity index is 349. The molecule has 1 atom stereocenters. The topological polar surface area (TPSA) is 26.0 Å². The van der Waals surface area contributed by atoms with E-state index < -0.39 is 0 Å². The summed E-state index contributed by atoms with van der Waals surface area (Å²) < 4.78 is 0.883.